The molecule has 0 heterocycles. The van der Waals surface area contributed by atoms with Crippen LogP contribution in [0.2, 0.25) is 0 Å². The Bertz CT molecular complexity index is 561. The van der Waals surface area contributed by atoms with E-state index >= 15 is 0 Å². The zero-order valence-corrected chi connectivity index (χ0v) is 13.9. The normalized spacial score (nSPS) is 58.5. The lowest BCUT2D eigenvalue weighted by Crippen LogP contribution is -2.58. The molecule has 0 bridgehead atoms. The molecule has 3 fully saturated rings. The molecule has 128 valence electrons. The molecular weight excluding hydrogens is 295 g/mol. The lowest BCUT2D eigenvalue weighted by atomic mass is 9.45. The Morgan fingerprint density at radius 2 is 2.00 bits per heavy atom. The minimum atomic E-state index is -1.18. The van der Waals surface area contributed by atoms with Gasteiger partial charge in [0.2, 0.25) is 0 Å². The van der Waals surface area contributed by atoms with Gasteiger partial charge < -0.3 is 10.2 Å². The fourth-order valence-corrected chi connectivity index (χ4v) is 6.71. The summed E-state index contributed by atoms with van der Waals surface area (Å²) in [5, 5.41) is 21.3. The molecule has 4 aliphatic carbocycles. The van der Waals surface area contributed by atoms with E-state index in [2.05, 4.69) is 6.92 Å². The van der Waals surface area contributed by atoms with Crippen molar-refractivity contribution in [2.75, 3.05) is 0 Å². The quantitative estimate of drug-likeness (QED) is 0.721. The molecule has 0 aromatic heterocycles. The van der Waals surface area contributed by atoms with Crippen molar-refractivity contribution in [3.63, 3.8) is 0 Å². The van der Waals surface area contributed by atoms with Gasteiger partial charge in [-0.2, -0.15) is 0 Å². The Hall–Kier alpha value is -0.740. The Balaban J connectivity index is 1.74. The molecule has 0 radical (unpaired) electrons. The predicted molar refractivity (Wildman–Crippen MR) is 84.3 cm³/mol. The van der Waals surface area contributed by atoms with Crippen LogP contribution in [0, 0.1) is 34.5 Å². The molecule has 4 rings (SSSR count). The molecular formula is C19H27FO3. The monoisotopic (exact) mass is 322 g/mol. The van der Waals surface area contributed by atoms with E-state index < -0.39 is 23.8 Å². The Morgan fingerprint density at radius 3 is 2.74 bits per heavy atom. The van der Waals surface area contributed by atoms with E-state index in [0.717, 1.165) is 12.8 Å². The van der Waals surface area contributed by atoms with Gasteiger partial charge in [-0.15, -0.1) is 0 Å². The molecule has 0 amide bonds. The maximum absolute atomic E-state index is 14.2. The van der Waals surface area contributed by atoms with Gasteiger partial charge in [-0.25, -0.2) is 4.39 Å². The summed E-state index contributed by atoms with van der Waals surface area (Å²) in [6.45, 7) is 4.12. The van der Waals surface area contributed by atoms with Crippen molar-refractivity contribution in [1.82, 2.24) is 0 Å². The van der Waals surface area contributed by atoms with E-state index in [4.69, 9.17) is 0 Å². The number of carbonyl (C=O) groups excluding carboxylic acids is 1. The molecule has 23 heavy (non-hydrogen) atoms. The minimum absolute atomic E-state index is 0.0705. The summed E-state index contributed by atoms with van der Waals surface area (Å²) in [5.74, 6) is 0.901. The largest absolute Gasteiger partial charge is 0.393 e. The van der Waals surface area contributed by atoms with E-state index in [1.54, 1.807) is 6.08 Å². The first-order valence-corrected chi connectivity index (χ1v) is 8.99. The number of aliphatic hydroxyl groups excluding tert-OH is 2. The summed E-state index contributed by atoms with van der Waals surface area (Å²) < 4.78 is 14.2. The van der Waals surface area contributed by atoms with Gasteiger partial charge in [0.1, 0.15) is 6.17 Å². The van der Waals surface area contributed by atoms with Crippen LogP contribution in [0.5, 0.6) is 0 Å². The summed E-state index contributed by atoms with van der Waals surface area (Å²) in [4.78, 5) is 11.8. The average Bonchev–Trinajstić information content (AvgIpc) is 2.71. The zero-order chi connectivity index (χ0) is 16.6. The zero-order valence-electron chi connectivity index (χ0n) is 13.9. The lowest BCUT2D eigenvalue weighted by Gasteiger charge is -2.60. The Kier molecular flexibility index (Phi) is 3.35. The fourth-order valence-electron chi connectivity index (χ4n) is 6.71. The Labute approximate surface area is 137 Å². The van der Waals surface area contributed by atoms with Crippen molar-refractivity contribution in [1.29, 1.82) is 0 Å². The maximum atomic E-state index is 14.2. The van der Waals surface area contributed by atoms with E-state index in [1.165, 1.54) is 0 Å². The summed E-state index contributed by atoms with van der Waals surface area (Å²) in [7, 11) is 0. The van der Waals surface area contributed by atoms with Crippen LogP contribution in [-0.2, 0) is 4.79 Å². The standard InChI is InChI=1S/C19H27FO3/c1-18-6-5-11(21)7-10(18)3-4-12-13-8-14(20)17(23)19(13,2)9-15(22)16(12)18/h5-6,10,12-17,22-23H,3-4,7-9H2,1-2H3/t10?,12-,13-,14?,15?,16-,17?,18-,19-/m0/s1. The summed E-state index contributed by atoms with van der Waals surface area (Å²) in [6.07, 6.45) is 4.36. The number of fused-ring (bicyclic) bond motifs is 5. The fraction of sp³-hybridized carbons (Fsp3) is 0.842. The van der Waals surface area contributed by atoms with Gasteiger partial charge in [-0.1, -0.05) is 19.9 Å². The number of aliphatic hydroxyl groups is 2. The van der Waals surface area contributed by atoms with Gasteiger partial charge in [0, 0.05) is 11.8 Å². The molecule has 4 aliphatic rings. The molecule has 4 unspecified atom stereocenters. The number of carbonyl (C=O) groups is 1. The van der Waals surface area contributed by atoms with Crippen LogP contribution in [-0.4, -0.2) is 34.4 Å². The molecule has 0 spiro atoms. The number of halogens is 1. The van der Waals surface area contributed by atoms with E-state index in [9.17, 15) is 19.4 Å². The molecule has 9 atom stereocenters. The van der Waals surface area contributed by atoms with E-state index in [1.807, 2.05) is 13.0 Å². The highest BCUT2D eigenvalue weighted by Gasteiger charge is 2.64. The van der Waals surface area contributed by atoms with Crippen molar-refractivity contribution in [2.24, 2.45) is 34.5 Å². The summed E-state index contributed by atoms with van der Waals surface area (Å²) in [5.41, 5.74) is -0.700. The second-order valence-corrected chi connectivity index (χ2v) is 8.91. The van der Waals surface area contributed by atoms with Gasteiger partial charge in [0.25, 0.3) is 0 Å². The average molecular weight is 322 g/mol. The summed E-state index contributed by atoms with van der Waals surface area (Å²) >= 11 is 0. The highest BCUT2D eigenvalue weighted by atomic mass is 19.1. The van der Waals surface area contributed by atoms with Crippen LogP contribution in [0.4, 0.5) is 4.39 Å². The second kappa shape index (κ2) is 4.89. The van der Waals surface area contributed by atoms with Gasteiger partial charge >= 0.3 is 0 Å². The second-order valence-electron chi connectivity index (χ2n) is 8.91. The van der Waals surface area contributed by atoms with Crippen LogP contribution in [0.1, 0.15) is 46.0 Å². The number of ketones is 1. The lowest BCUT2D eigenvalue weighted by molar-refractivity contribution is -0.159. The molecule has 0 aliphatic heterocycles. The van der Waals surface area contributed by atoms with Gasteiger partial charge in [-0.3, -0.25) is 4.79 Å². The summed E-state index contributed by atoms with van der Waals surface area (Å²) in [6, 6.07) is 0. The van der Waals surface area contributed by atoms with Crippen LogP contribution in [0.3, 0.4) is 0 Å². The van der Waals surface area contributed by atoms with Gasteiger partial charge in [0.05, 0.1) is 12.2 Å². The molecule has 0 saturated heterocycles. The number of hydrogen-bond acceptors (Lipinski definition) is 3. The number of hydrogen-bond donors (Lipinski definition) is 2. The first-order valence-electron chi connectivity index (χ1n) is 8.99. The highest BCUT2D eigenvalue weighted by Crippen LogP contribution is 2.65. The van der Waals surface area contributed by atoms with Crippen molar-refractivity contribution in [2.45, 2.75) is 64.3 Å². The van der Waals surface area contributed by atoms with Crippen LogP contribution >= 0.6 is 0 Å². The van der Waals surface area contributed by atoms with Crippen molar-refractivity contribution in [3.8, 4) is 0 Å². The minimum Gasteiger partial charge on any atom is -0.393 e. The third kappa shape index (κ3) is 1.97. The number of allylic oxidation sites excluding steroid dienone is 2. The topological polar surface area (TPSA) is 57.5 Å². The van der Waals surface area contributed by atoms with Crippen LogP contribution in [0.25, 0.3) is 0 Å². The van der Waals surface area contributed by atoms with E-state index in [0.29, 0.717) is 19.3 Å². The molecule has 3 nitrogen and oxygen atoms in total. The molecule has 0 aromatic carbocycles. The van der Waals surface area contributed by atoms with Crippen molar-refractivity contribution < 1.29 is 19.4 Å². The third-order valence-electron chi connectivity index (χ3n) is 7.91. The third-order valence-corrected chi connectivity index (χ3v) is 7.91. The predicted octanol–water partition coefficient (Wildman–Crippen LogP) is 2.65. The Morgan fingerprint density at radius 1 is 1.26 bits per heavy atom. The van der Waals surface area contributed by atoms with Crippen LogP contribution in [0.15, 0.2) is 12.2 Å². The smallest absolute Gasteiger partial charge is 0.155 e. The number of alkyl halides is 1. The SMILES string of the molecule is C[C@]12C=CC(=O)CC1CC[C@@H]1[C@H]2C(O)C[C@]2(C)C(O)C(F)C[C@@H]12. The highest BCUT2D eigenvalue weighted by molar-refractivity contribution is 5.91. The molecule has 3 saturated carbocycles. The van der Waals surface area contributed by atoms with Gasteiger partial charge in [0.15, 0.2) is 5.78 Å². The number of rotatable bonds is 0. The molecule has 2 N–H and O–H groups in total. The maximum Gasteiger partial charge on any atom is 0.155 e. The van der Waals surface area contributed by atoms with Gasteiger partial charge in [-0.05, 0) is 60.8 Å². The van der Waals surface area contributed by atoms with Crippen LogP contribution < -0.4 is 0 Å². The molecule has 0 aromatic rings. The van der Waals surface area contributed by atoms with E-state index in [-0.39, 0.29) is 34.9 Å². The van der Waals surface area contributed by atoms with Crippen molar-refractivity contribution in [3.05, 3.63) is 12.2 Å². The first-order chi connectivity index (χ1) is 10.8. The molecule has 4 heteroatoms. The van der Waals surface area contributed by atoms with Crippen molar-refractivity contribution >= 4 is 5.78 Å². The first kappa shape index (κ1) is 15.8.